The number of imidazole rings is 1. The molecule has 4 aromatic rings. The number of amides is 1. The molecule has 2 heterocycles. The molecule has 0 unspecified atom stereocenters. The van der Waals surface area contributed by atoms with Crippen LogP contribution in [-0.4, -0.2) is 26.1 Å². The molecular weight excluding hydrogens is 362 g/mol. The lowest BCUT2D eigenvalue weighted by Crippen LogP contribution is -2.31. The molecule has 1 atom stereocenters. The van der Waals surface area contributed by atoms with Crippen LogP contribution < -0.4 is 5.32 Å². The fourth-order valence-corrected chi connectivity index (χ4v) is 3.65. The molecule has 1 amide bonds. The lowest BCUT2D eigenvalue weighted by atomic mass is 10.0. The van der Waals surface area contributed by atoms with E-state index in [-0.39, 0.29) is 11.9 Å². The summed E-state index contributed by atoms with van der Waals surface area (Å²) in [4.78, 5) is 20.9. The van der Waals surface area contributed by atoms with Crippen molar-refractivity contribution < 1.29 is 4.79 Å². The van der Waals surface area contributed by atoms with Gasteiger partial charge in [0.25, 0.3) is 0 Å². The highest BCUT2D eigenvalue weighted by atomic mass is 16.1. The predicted octanol–water partition coefficient (Wildman–Crippen LogP) is 3.94. The minimum atomic E-state index is -0.219. The fraction of sp³-hybridized carbons (Fsp3) is 0.261. The normalized spacial score (nSPS) is 12.2. The van der Waals surface area contributed by atoms with Gasteiger partial charge in [-0.2, -0.15) is 5.10 Å². The third-order valence-corrected chi connectivity index (χ3v) is 5.24. The van der Waals surface area contributed by atoms with Gasteiger partial charge in [0.1, 0.15) is 5.82 Å². The Kier molecular flexibility index (Phi) is 5.42. The van der Waals surface area contributed by atoms with Crippen molar-refractivity contribution in [2.75, 3.05) is 0 Å². The fourth-order valence-electron chi connectivity index (χ4n) is 3.65. The van der Waals surface area contributed by atoms with E-state index in [2.05, 4.69) is 32.6 Å². The number of carbonyl (C=O) groups is 1. The molecule has 3 N–H and O–H groups in total. The van der Waals surface area contributed by atoms with Crippen molar-refractivity contribution >= 4 is 16.9 Å². The summed E-state index contributed by atoms with van der Waals surface area (Å²) in [5.41, 5.74) is 6.11. The summed E-state index contributed by atoms with van der Waals surface area (Å²) >= 11 is 0. The maximum Gasteiger partial charge on any atom is 0.220 e. The van der Waals surface area contributed by atoms with E-state index in [0.717, 1.165) is 39.4 Å². The number of rotatable bonds is 7. The number of carbonyl (C=O) groups excluding carboxylic acids is 1. The van der Waals surface area contributed by atoms with Gasteiger partial charge in [-0.25, -0.2) is 4.98 Å². The first-order valence-electron chi connectivity index (χ1n) is 9.88. The number of hydrogen-bond donors (Lipinski definition) is 3. The van der Waals surface area contributed by atoms with E-state index >= 15 is 0 Å². The van der Waals surface area contributed by atoms with Gasteiger partial charge < -0.3 is 10.3 Å². The molecule has 4 rings (SSSR count). The second kappa shape index (κ2) is 8.31. The van der Waals surface area contributed by atoms with Crippen LogP contribution in [-0.2, 0) is 17.6 Å². The van der Waals surface area contributed by atoms with E-state index in [4.69, 9.17) is 4.98 Å². The second-order valence-electron chi connectivity index (χ2n) is 7.36. The van der Waals surface area contributed by atoms with Crippen LogP contribution in [0.15, 0.2) is 54.6 Å². The molecule has 0 radical (unpaired) electrons. The quantitative estimate of drug-likeness (QED) is 0.449. The number of hydrogen-bond acceptors (Lipinski definition) is 3. The van der Waals surface area contributed by atoms with E-state index in [0.29, 0.717) is 19.3 Å². The summed E-state index contributed by atoms with van der Waals surface area (Å²) < 4.78 is 0. The molecule has 148 valence electrons. The molecule has 0 saturated heterocycles. The highest BCUT2D eigenvalue weighted by Gasteiger charge is 2.19. The molecule has 0 saturated carbocycles. The molecular formula is C23H25N5O. The number of nitrogens with one attached hydrogen (secondary N) is 3. The van der Waals surface area contributed by atoms with Gasteiger partial charge in [-0.1, -0.05) is 42.5 Å². The minimum Gasteiger partial charge on any atom is -0.346 e. The second-order valence-corrected chi connectivity index (χ2v) is 7.36. The van der Waals surface area contributed by atoms with Gasteiger partial charge in [-0.3, -0.25) is 9.89 Å². The molecule has 0 bridgehead atoms. The van der Waals surface area contributed by atoms with Crippen LogP contribution in [0.25, 0.3) is 11.0 Å². The number of aryl methyl sites for hydroxylation is 2. The van der Waals surface area contributed by atoms with Gasteiger partial charge in [0.2, 0.25) is 5.91 Å². The molecule has 6 heteroatoms. The average molecular weight is 387 g/mol. The standard InChI is InChI=1S/C23H25N5O/c1-15-18(16(2)28-27-15)12-13-22(29)24-21(14-17-8-4-3-5-9-17)23-25-19-10-6-7-11-20(19)26-23/h3-11,21H,12-14H2,1-2H3,(H,24,29)(H,25,26)(H,27,28)/t21-/m1/s1. The monoisotopic (exact) mass is 387 g/mol. The highest BCUT2D eigenvalue weighted by Crippen LogP contribution is 2.20. The van der Waals surface area contributed by atoms with Gasteiger partial charge >= 0.3 is 0 Å². The Morgan fingerprint density at radius 1 is 1.07 bits per heavy atom. The van der Waals surface area contributed by atoms with Crippen LogP contribution in [0.5, 0.6) is 0 Å². The predicted molar refractivity (Wildman–Crippen MR) is 114 cm³/mol. The Balaban J connectivity index is 1.52. The summed E-state index contributed by atoms with van der Waals surface area (Å²) in [6.07, 6.45) is 1.75. The van der Waals surface area contributed by atoms with Gasteiger partial charge in [-0.05, 0) is 49.9 Å². The zero-order chi connectivity index (χ0) is 20.2. The zero-order valence-electron chi connectivity index (χ0n) is 16.7. The molecule has 0 aliphatic carbocycles. The van der Waals surface area contributed by atoms with Crippen molar-refractivity contribution in [1.29, 1.82) is 0 Å². The SMILES string of the molecule is Cc1n[nH]c(C)c1CCC(=O)N[C@H](Cc1ccccc1)c1nc2ccccc2[nH]1. The molecule has 0 fully saturated rings. The number of nitrogens with zero attached hydrogens (tertiary/aromatic N) is 2. The zero-order valence-corrected chi connectivity index (χ0v) is 16.7. The third kappa shape index (κ3) is 4.37. The van der Waals surface area contributed by atoms with Gasteiger partial charge in [-0.15, -0.1) is 0 Å². The van der Waals surface area contributed by atoms with Crippen molar-refractivity contribution in [3.05, 3.63) is 82.9 Å². The third-order valence-electron chi connectivity index (χ3n) is 5.24. The first-order chi connectivity index (χ1) is 14.1. The highest BCUT2D eigenvalue weighted by molar-refractivity contribution is 5.78. The molecule has 0 aliphatic heterocycles. The smallest absolute Gasteiger partial charge is 0.220 e. The van der Waals surface area contributed by atoms with Crippen LogP contribution in [0.2, 0.25) is 0 Å². The molecule has 29 heavy (non-hydrogen) atoms. The van der Waals surface area contributed by atoms with Gasteiger partial charge in [0, 0.05) is 12.1 Å². The van der Waals surface area contributed by atoms with Crippen molar-refractivity contribution in [1.82, 2.24) is 25.5 Å². The van der Waals surface area contributed by atoms with Crippen molar-refractivity contribution in [3.63, 3.8) is 0 Å². The van der Waals surface area contributed by atoms with Crippen LogP contribution in [0.3, 0.4) is 0 Å². The van der Waals surface area contributed by atoms with E-state index in [1.165, 1.54) is 0 Å². The summed E-state index contributed by atoms with van der Waals surface area (Å²) in [5.74, 6) is 0.783. The number of aromatic amines is 2. The number of H-pyrrole nitrogens is 2. The Labute approximate surface area is 169 Å². The number of benzene rings is 2. The Morgan fingerprint density at radius 2 is 1.83 bits per heavy atom. The summed E-state index contributed by atoms with van der Waals surface area (Å²) in [7, 11) is 0. The Hall–Kier alpha value is -3.41. The molecule has 2 aromatic carbocycles. The maximum absolute atomic E-state index is 12.8. The topological polar surface area (TPSA) is 86.5 Å². The lowest BCUT2D eigenvalue weighted by Gasteiger charge is -2.17. The summed E-state index contributed by atoms with van der Waals surface area (Å²) in [6, 6.07) is 17.9. The van der Waals surface area contributed by atoms with E-state index < -0.39 is 0 Å². The van der Waals surface area contributed by atoms with Crippen LogP contribution in [0, 0.1) is 13.8 Å². The van der Waals surface area contributed by atoms with Crippen LogP contribution in [0.4, 0.5) is 0 Å². The van der Waals surface area contributed by atoms with Crippen LogP contribution >= 0.6 is 0 Å². The number of para-hydroxylation sites is 2. The minimum absolute atomic E-state index is 0.00591. The van der Waals surface area contributed by atoms with E-state index in [1.807, 2.05) is 56.3 Å². The van der Waals surface area contributed by atoms with E-state index in [1.54, 1.807) is 0 Å². The maximum atomic E-state index is 12.8. The van der Waals surface area contributed by atoms with Crippen molar-refractivity contribution in [2.24, 2.45) is 0 Å². The molecule has 0 spiro atoms. The van der Waals surface area contributed by atoms with Gasteiger partial charge in [0.05, 0.1) is 22.8 Å². The first kappa shape index (κ1) is 18.9. The number of aromatic nitrogens is 4. The first-order valence-corrected chi connectivity index (χ1v) is 9.88. The average Bonchev–Trinajstić information content (AvgIpc) is 3.30. The summed E-state index contributed by atoms with van der Waals surface area (Å²) in [5, 5.41) is 10.4. The van der Waals surface area contributed by atoms with Gasteiger partial charge in [0.15, 0.2) is 0 Å². The molecule has 2 aromatic heterocycles. The van der Waals surface area contributed by atoms with Crippen molar-refractivity contribution in [3.8, 4) is 0 Å². The Bertz CT molecular complexity index is 1060. The van der Waals surface area contributed by atoms with Crippen LogP contribution in [0.1, 0.15) is 40.8 Å². The van der Waals surface area contributed by atoms with E-state index in [9.17, 15) is 4.79 Å². The lowest BCUT2D eigenvalue weighted by molar-refractivity contribution is -0.121. The summed E-state index contributed by atoms with van der Waals surface area (Å²) in [6.45, 7) is 3.95. The largest absolute Gasteiger partial charge is 0.346 e. The number of fused-ring (bicyclic) bond motifs is 1. The van der Waals surface area contributed by atoms with Crippen molar-refractivity contribution in [2.45, 2.75) is 39.2 Å². The molecule has 6 nitrogen and oxygen atoms in total. The molecule has 0 aliphatic rings. The Morgan fingerprint density at radius 3 is 2.55 bits per heavy atom.